The van der Waals surface area contributed by atoms with Crippen LogP contribution in [-0.4, -0.2) is 67.6 Å². The van der Waals surface area contributed by atoms with Crippen LogP contribution in [0.1, 0.15) is 6.42 Å². The Balaban J connectivity index is 2.31. The minimum absolute atomic E-state index is 0.00438. The van der Waals surface area contributed by atoms with Crippen LogP contribution in [0.4, 0.5) is 11.8 Å². The van der Waals surface area contributed by atoms with Crippen molar-refractivity contribution in [3.8, 4) is 0 Å². The third-order valence-corrected chi connectivity index (χ3v) is 4.96. The monoisotopic (exact) mass is 314 g/mol. The van der Waals surface area contributed by atoms with Crippen molar-refractivity contribution in [2.45, 2.75) is 12.5 Å². The number of rotatable bonds is 4. The van der Waals surface area contributed by atoms with Crippen molar-refractivity contribution in [3.05, 3.63) is 12.3 Å². The van der Waals surface area contributed by atoms with Crippen molar-refractivity contribution < 1.29 is 18.3 Å². The lowest BCUT2D eigenvalue weighted by atomic mass is 10.2. The van der Waals surface area contributed by atoms with Gasteiger partial charge in [0, 0.05) is 26.8 Å². The van der Waals surface area contributed by atoms with Gasteiger partial charge in [0.15, 0.2) is 9.84 Å². The maximum absolute atomic E-state index is 11.7. The molecule has 0 amide bonds. The first kappa shape index (κ1) is 15.5. The predicted molar refractivity (Wildman–Crippen MR) is 78.4 cm³/mol. The van der Waals surface area contributed by atoms with Gasteiger partial charge in [-0.25, -0.2) is 13.4 Å². The first-order valence-electron chi connectivity index (χ1n) is 6.48. The van der Waals surface area contributed by atoms with Gasteiger partial charge in [0.1, 0.15) is 5.82 Å². The number of carboxylic acids is 1. The molecule has 9 heteroatoms. The van der Waals surface area contributed by atoms with Crippen LogP contribution in [0.15, 0.2) is 12.3 Å². The fourth-order valence-corrected chi connectivity index (χ4v) is 3.80. The molecule has 1 aliphatic rings. The van der Waals surface area contributed by atoms with Crippen LogP contribution < -0.4 is 9.80 Å². The summed E-state index contributed by atoms with van der Waals surface area (Å²) >= 11 is 0. The normalized spacial score (nSPS) is 21.0. The minimum Gasteiger partial charge on any atom is -0.481 e. The topological polar surface area (TPSA) is 104 Å². The molecule has 1 N–H and O–H groups in total. The van der Waals surface area contributed by atoms with Crippen LogP contribution in [0.3, 0.4) is 0 Å². The van der Waals surface area contributed by atoms with E-state index in [1.807, 2.05) is 0 Å². The summed E-state index contributed by atoms with van der Waals surface area (Å²) < 4.78 is 23.5. The average molecular weight is 314 g/mol. The standard InChI is InChI=1S/C12H18N4O4S/c1-15(2)12-13-4-3-10(14-12)16-5-6-21(19,20)8-9(16)7-11(17)18/h3-4,9H,5-8H2,1-2H3,(H,17,18). The van der Waals surface area contributed by atoms with E-state index in [4.69, 9.17) is 5.11 Å². The molecule has 2 rings (SSSR count). The highest BCUT2D eigenvalue weighted by Gasteiger charge is 2.33. The highest BCUT2D eigenvalue weighted by Crippen LogP contribution is 2.22. The summed E-state index contributed by atoms with van der Waals surface area (Å²) in [6.45, 7) is 0.240. The molecular weight excluding hydrogens is 296 g/mol. The summed E-state index contributed by atoms with van der Waals surface area (Å²) in [4.78, 5) is 22.9. The number of carboxylic acid groups (broad SMARTS) is 1. The second-order valence-electron chi connectivity index (χ2n) is 5.17. The van der Waals surface area contributed by atoms with E-state index in [9.17, 15) is 13.2 Å². The molecule has 2 heterocycles. The molecule has 0 radical (unpaired) electrons. The Morgan fingerprint density at radius 2 is 2.24 bits per heavy atom. The van der Waals surface area contributed by atoms with Gasteiger partial charge in [0.2, 0.25) is 5.95 Å². The molecule has 1 aromatic heterocycles. The van der Waals surface area contributed by atoms with E-state index in [1.165, 1.54) is 0 Å². The Morgan fingerprint density at radius 1 is 1.52 bits per heavy atom. The number of carbonyl (C=O) groups is 1. The van der Waals surface area contributed by atoms with E-state index in [0.29, 0.717) is 11.8 Å². The SMILES string of the molecule is CN(C)c1nccc(N2CCS(=O)(=O)CC2CC(=O)O)n1. The van der Waals surface area contributed by atoms with Gasteiger partial charge in [0.25, 0.3) is 0 Å². The zero-order chi connectivity index (χ0) is 15.6. The maximum atomic E-state index is 11.7. The summed E-state index contributed by atoms with van der Waals surface area (Å²) in [6.07, 6.45) is 1.35. The van der Waals surface area contributed by atoms with Crippen molar-refractivity contribution in [1.82, 2.24) is 9.97 Å². The second kappa shape index (κ2) is 5.84. The minimum atomic E-state index is -3.20. The van der Waals surface area contributed by atoms with Gasteiger partial charge in [0.05, 0.1) is 24.0 Å². The molecular formula is C12H18N4O4S. The van der Waals surface area contributed by atoms with Crippen LogP contribution >= 0.6 is 0 Å². The summed E-state index contributed by atoms with van der Waals surface area (Å²) in [5.41, 5.74) is 0. The molecule has 8 nitrogen and oxygen atoms in total. The maximum Gasteiger partial charge on any atom is 0.305 e. The van der Waals surface area contributed by atoms with Crippen molar-refractivity contribution in [1.29, 1.82) is 0 Å². The second-order valence-corrected chi connectivity index (χ2v) is 7.40. The summed E-state index contributed by atoms with van der Waals surface area (Å²) in [5.74, 6) is -0.140. The molecule has 0 bridgehead atoms. The van der Waals surface area contributed by atoms with Gasteiger partial charge in [-0.05, 0) is 6.07 Å². The Bertz CT molecular complexity index is 632. The molecule has 1 atom stereocenters. The molecule has 1 saturated heterocycles. The molecule has 0 spiro atoms. The van der Waals surface area contributed by atoms with E-state index in [2.05, 4.69) is 9.97 Å². The summed E-state index contributed by atoms with van der Waals surface area (Å²) in [6, 6.07) is 1.06. The van der Waals surface area contributed by atoms with Crippen molar-refractivity contribution in [3.63, 3.8) is 0 Å². The Morgan fingerprint density at radius 3 is 2.86 bits per heavy atom. The number of aliphatic carboxylic acids is 1. The molecule has 1 unspecified atom stereocenters. The molecule has 21 heavy (non-hydrogen) atoms. The van der Waals surface area contributed by atoms with Gasteiger partial charge in [-0.15, -0.1) is 0 Å². The van der Waals surface area contributed by atoms with Crippen LogP contribution in [0.5, 0.6) is 0 Å². The van der Waals surface area contributed by atoms with Gasteiger partial charge >= 0.3 is 5.97 Å². The lowest BCUT2D eigenvalue weighted by Gasteiger charge is -2.35. The zero-order valence-electron chi connectivity index (χ0n) is 11.9. The Hall–Kier alpha value is -1.90. The largest absolute Gasteiger partial charge is 0.481 e. The molecule has 1 aliphatic heterocycles. The van der Waals surface area contributed by atoms with Crippen LogP contribution in [-0.2, 0) is 14.6 Å². The van der Waals surface area contributed by atoms with E-state index in [-0.39, 0.29) is 24.5 Å². The van der Waals surface area contributed by atoms with E-state index >= 15 is 0 Å². The highest BCUT2D eigenvalue weighted by molar-refractivity contribution is 7.91. The quantitative estimate of drug-likeness (QED) is 0.802. The number of aromatic nitrogens is 2. The predicted octanol–water partition coefficient (Wildman–Crippen LogP) is -0.379. The van der Waals surface area contributed by atoms with Gasteiger partial charge in [-0.3, -0.25) is 4.79 Å². The average Bonchev–Trinajstić information content (AvgIpc) is 2.37. The zero-order valence-corrected chi connectivity index (χ0v) is 12.7. The molecule has 0 aromatic carbocycles. The lowest BCUT2D eigenvalue weighted by Crippen LogP contribution is -2.50. The molecule has 116 valence electrons. The first-order chi connectivity index (χ1) is 9.78. The summed E-state index contributed by atoms with van der Waals surface area (Å²) in [7, 11) is 0.396. The van der Waals surface area contributed by atoms with Gasteiger partial charge in [-0.1, -0.05) is 0 Å². The van der Waals surface area contributed by atoms with Crippen LogP contribution in [0.25, 0.3) is 0 Å². The first-order valence-corrected chi connectivity index (χ1v) is 8.30. The third kappa shape index (κ3) is 3.81. The fraction of sp³-hybridized carbons (Fsp3) is 0.583. The number of hydrogen-bond acceptors (Lipinski definition) is 7. The smallest absolute Gasteiger partial charge is 0.305 e. The van der Waals surface area contributed by atoms with E-state index < -0.39 is 21.8 Å². The van der Waals surface area contributed by atoms with Crippen molar-refractivity contribution in [2.75, 3.05) is 41.9 Å². The third-order valence-electron chi connectivity index (χ3n) is 3.26. The molecule has 1 fully saturated rings. The van der Waals surface area contributed by atoms with Crippen molar-refractivity contribution in [2.24, 2.45) is 0 Å². The van der Waals surface area contributed by atoms with Crippen LogP contribution in [0, 0.1) is 0 Å². The Kier molecular flexibility index (Phi) is 4.31. The van der Waals surface area contributed by atoms with Crippen LogP contribution in [0.2, 0.25) is 0 Å². The van der Waals surface area contributed by atoms with Gasteiger partial charge < -0.3 is 14.9 Å². The molecule has 0 aliphatic carbocycles. The van der Waals surface area contributed by atoms with Gasteiger partial charge in [-0.2, -0.15) is 4.98 Å². The Labute approximate surface area is 123 Å². The highest BCUT2D eigenvalue weighted by atomic mass is 32.2. The molecule has 0 saturated carbocycles. The lowest BCUT2D eigenvalue weighted by molar-refractivity contribution is -0.137. The number of hydrogen-bond donors (Lipinski definition) is 1. The fourth-order valence-electron chi connectivity index (χ4n) is 2.27. The summed E-state index contributed by atoms with van der Waals surface area (Å²) in [5, 5.41) is 8.98. The number of sulfone groups is 1. The van der Waals surface area contributed by atoms with E-state index in [1.54, 1.807) is 36.2 Å². The van der Waals surface area contributed by atoms with Crippen molar-refractivity contribution >= 4 is 27.6 Å². The molecule has 1 aromatic rings. The number of nitrogens with zero attached hydrogens (tertiary/aromatic N) is 4. The van der Waals surface area contributed by atoms with E-state index in [0.717, 1.165) is 0 Å². The number of anilines is 2.